The van der Waals surface area contributed by atoms with Gasteiger partial charge in [-0.3, -0.25) is 4.99 Å². The molecule has 0 bridgehead atoms. The molecule has 0 amide bonds. The predicted octanol–water partition coefficient (Wildman–Crippen LogP) is 6.94. The highest BCUT2D eigenvalue weighted by molar-refractivity contribution is 8.04. The minimum atomic E-state index is 0.227. The molecule has 0 aromatic heterocycles. The molecular weight excluding hydrogens is 432 g/mol. The fourth-order valence-electron chi connectivity index (χ4n) is 5.42. The molecule has 0 aromatic rings. The number of aliphatic imine (C=N–C) groups is 1. The van der Waals surface area contributed by atoms with Gasteiger partial charge in [0, 0.05) is 29.1 Å². The van der Waals surface area contributed by atoms with E-state index in [0.29, 0.717) is 28.4 Å². The third kappa shape index (κ3) is 6.95. The lowest BCUT2D eigenvalue weighted by atomic mass is 9.39. The average molecular weight is 473 g/mol. The Kier molecular flexibility index (Phi) is 11.2. The molecule has 6 heteroatoms. The first-order valence-corrected chi connectivity index (χ1v) is 14.2. The summed E-state index contributed by atoms with van der Waals surface area (Å²) in [5.41, 5.74) is 1.57. The van der Waals surface area contributed by atoms with Gasteiger partial charge in [0.25, 0.3) is 0 Å². The van der Waals surface area contributed by atoms with E-state index in [2.05, 4.69) is 63.5 Å². The maximum absolute atomic E-state index is 6.49. The highest BCUT2D eigenvalue weighted by atomic mass is 35.5. The molecule has 6 atom stereocenters. The normalized spacial score (nSPS) is 31.1. The summed E-state index contributed by atoms with van der Waals surface area (Å²) in [5, 5.41) is 4.57. The highest BCUT2D eigenvalue weighted by Crippen LogP contribution is 2.67. The second-order valence-electron chi connectivity index (χ2n) is 9.07. The number of hydrogen-bond acceptors (Lipinski definition) is 5. The number of rotatable bonds is 14. The molecule has 2 aliphatic carbocycles. The van der Waals surface area contributed by atoms with Gasteiger partial charge in [0.05, 0.1) is 23.6 Å². The van der Waals surface area contributed by atoms with Crippen molar-refractivity contribution < 1.29 is 4.74 Å². The number of fused-ring (bicyclic) bond motifs is 1. The zero-order valence-electron chi connectivity index (χ0n) is 19.6. The van der Waals surface area contributed by atoms with Crippen molar-refractivity contribution in [2.75, 3.05) is 24.6 Å². The molecular formula is C24H41ClN2OS2. The van der Waals surface area contributed by atoms with Gasteiger partial charge in [-0.1, -0.05) is 33.8 Å². The van der Waals surface area contributed by atoms with Crippen LogP contribution in [0.15, 0.2) is 27.9 Å². The summed E-state index contributed by atoms with van der Waals surface area (Å²) in [7, 11) is 0. The fourth-order valence-corrected chi connectivity index (χ4v) is 6.94. The second-order valence-corrected chi connectivity index (χ2v) is 11.8. The van der Waals surface area contributed by atoms with Gasteiger partial charge >= 0.3 is 0 Å². The summed E-state index contributed by atoms with van der Waals surface area (Å²) in [5.74, 6) is 2.27. The van der Waals surface area contributed by atoms with E-state index in [1.54, 1.807) is 11.8 Å². The summed E-state index contributed by atoms with van der Waals surface area (Å²) < 4.78 is 6.49. The summed E-state index contributed by atoms with van der Waals surface area (Å²) in [6, 6.07) is 0. The lowest BCUT2D eigenvalue weighted by molar-refractivity contribution is -0.206. The Labute approximate surface area is 198 Å². The monoisotopic (exact) mass is 472 g/mol. The van der Waals surface area contributed by atoms with E-state index in [1.165, 1.54) is 17.7 Å². The van der Waals surface area contributed by atoms with Crippen LogP contribution < -0.4 is 5.32 Å². The van der Waals surface area contributed by atoms with Crippen LogP contribution in [0.5, 0.6) is 0 Å². The molecule has 0 spiro atoms. The fraction of sp³-hybridized carbons (Fsp3) is 0.792. The molecule has 172 valence electrons. The Hall–Kier alpha value is -0.1000. The standard InChI is InChI=1S/C24H41ClN2OS2/c1-7-9-20(30-16-25)15-28-22(21-11-24(5)10-17(3)23(21)24)14-26-12-18(4)27-13-19(8-2)29-6/h9,12-13,17,19,21-23,26H,7-8,10-11,14-16H2,1-6H3/b18-12+,20-9?,27-13?. The Morgan fingerprint density at radius 1 is 1.37 bits per heavy atom. The van der Waals surface area contributed by atoms with Crippen molar-refractivity contribution in [2.24, 2.45) is 28.2 Å². The molecule has 0 aromatic carbocycles. The number of thioether (sulfide) groups is 2. The summed E-state index contributed by atoms with van der Waals surface area (Å²) >= 11 is 9.49. The van der Waals surface area contributed by atoms with Crippen LogP contribution in [-0.2, 0) is 4.74 Å². The Balaban J connectivity index is 1.96. The first kappa shape index (κ1) is 26.2. The van der Waals surface area contributed by atoms with E-state index >= 15 is 0 Å². The zero-order chi connectivity index (χ0) is 22.1. The van der Waals surface area contributed by atoms with Gasteiger partial charge in [-0.2, -0.15) is 11.8 Å². The largest absolute Gasteiger partial charge is 0.387 e. The van der Waals surface area contributed by atoms with E-state index in [4.69, 9.17) is 16.3 Å². The third-order valence-electron chi connectivity index (χ3n) is 6.74. The summed E-state index contributed by atoms with van der Waals surface area (Å²) in [6.07, 6.45) is 13.5. The lowest BCUT2D eigenvalue weighted by Crippen LogP contribution is -2.63. The molecule has 2 fully saturated rings. The van der Waals surface area contributed by atoms with Crippen molar-refractivity contribution in [1.29, 1.82) is 0 Å². The minimum Gasteiger partial charge on any atom is -0.387 e. The molecule has 2 aliphatic rings. The van der Waals surface area contributed by atoms with Gasteiger partial charge < -0.3 is 10.1 Å². The van der Waals surface area contributed by atoms with Gasteiger partial charge in [-0.05, 0) is 62.0 Å². The smallest absolute Gasteiger partial charge is 0.0783 e. The van der Waals surface area contributed by atoms with Crippen molar-refractivity contribution in [1.82, 2.24) is 5.32 Å². The molecule has 3 nitrogen and oxygen atoms in total. The van der Waals surface area contributed by atoms with Crippen LogP contribution in [0.4, 0.5) is 0 Å². The lowest BCUT2D eigenvalue weighted by Gasteiger charge is -2.67. The second kappa shape index (κ2) is 12.8. The number of nitrogens with one attached hydrogen (secondary N) is 1. The number of ether oxygens (including phenoxy) is 1. The number of alkyl halides is 1. The first-order valence-electron chi connectivity index (χ1n) is 11.3. The van der Waals surface area contributed by atoms with E-state index in [-0.39, 0.29) is 6.10 Å². The molecule has 6 unspecified atom stereocenters. The number of nitrogens with zero attached hydrogens (tertiary/aromatic N) is 1. The van der Waals surface area contributed by atoms with Crippen LogP contribution in [0, 0.1) is 23.2 Å². The topological polar surface area (TPSA) is 33.6 Å². The van der Waals surface area contributed by atoms with Crippen molar-refractivity contribution in [3.63, 3.8) is 0 Å². The Morgan fingerprint density at radius 3 is 2.70 bits per heavy atom. The molecule has 2 saturated carbocycles. The third-order valence-corrected chi connectivity index (χ3v) is 8.89. The van der Waals surface area contributed by atoms with Crippen molar-refractivity contribution in [2.45, 2.75) is 71.7 Å². The molecule has 30 heavy (non-hydrogen) atoms. The van der Waals surface area contributed by atoms with Crippen LogP contribution in [0.25, 0.3) is 0 Å². The number of allylic oxidation sites excluding steroid dienone is 2. The molecule has 0 saturated heterocycles. The van der Waals surface area contributed by atoms with Gasteiger partial charge in [0.15, 0.2) is 0 Å². The van der Waals surface area contributed by atoms with Crippen LogP contribution in [-0.4, -0.2) is 42.2 Å². The predicted molar refractivity (Wildman–Crippen MR) is 138 cm³/mol. The molecule has 1 N–H and O–H groups in total. The molecule has 2 rings (SSSR count). The number of halogens is 1. The van der Waals surface area contributed by atoms with Gasteiger partial charge in [0.2, 0.25) is 0 Å². The maximum atomic E-state index is 6.49. The van der Waals surface area contributed by atoms with Crippen molar-refractivity contribution in [3.8, 4) is 0 Å². The molecule has 0 heterocycles. The quantitative estimate of drug-likeness (QED) is 0.219. The van der Waals surface area contributed by atoms with Crippen LogP contribution in [0.2, 0.25) is 0 Å². The van der Waals surface area contributed by atoms with Gasteiger partial charge in [-0.25, -0.2) is 0 Å². The van der Waals surface area contributed by atoms with Gasteiger partial charge in [-0.15, -0.1) is 23.4 Å². The van der Waals surface area contributed by atoms with Crippen LogP contribution in [0.1, 0.15) is 60.3 Å². The van der Waals surface area contributed by atoms with Crippen molar-refractivity contribution in [3.05, 3.63) is 22.9 Å². The van der Waals surface area contributed by atoms with E-state index in [9.17, 15) is 0 Å². The Morgan fingerprint density at radius 2 is 2.13 bits per heavy atom. The SMILES string of the molecule is CCC=C(COC(CN/C=C(\C)N=CC(CC)SC)C1CC2(C)CC(C)C12)SCCl. The Bertz CT molecular complexity index is 620. The average Bonchev–Trinajstić information content (AvgIpc) is 2.70. The highest BCUT2D eigenvalue weighted by Gasteiger charge is 2.62. The maximum Gasteiger partial charge on any atom is 0.0783 e. The number of hydrogen-bond donors (Lipinski definition) is 1. The van der Waals surface area contributed by atoms with Crippen molar-refractivity contribution >= 4 is 41.3 Å². The summed E-state index contributed by atoms with van der Waals surface area (Å²) in [4.78, 5) is 5.86. The molecule has 0 aliphatic heterocycles. The first-order chi connectivity index (χ1) is 14.4. The molecule has 0 radical (unpaired) electrons. The van der Waals surface area contributed by atoms with Gasteiger partial charge in [0.1, 0.15) is 0 Å². The van der Waals surface area contributed by atoms with E-state index in [0.717, 1.165) is 36.9 Å². The van der Waals surface area contributed by atoms with E-state index < -0.39 is 0 Å². The van der Waals surface area contributed by atoms with E-state index in [1.807, 2.05) is 18.0 Å². The minimum absolute atomic E-state index is 0.227. The summed E-state index contributed by atoms with van der Waals surface area (Å²) in [6.45, 7) is 12.8. The zero-order valence-corrected chi connectivity index (χ0v) is 22.0. The van der Waals surface area contributed by atoms with Crippen LogP contribution in [0.3, 0.4) is 0 Å². The van der Waals surface area contributed by atoms with Crippen LogP contribution >= 0.6 is 35.1 Å².